The van der Waals surface area contributed by atoms with Crippen molar-refractivity contribution in [2.75, 3.05) is 18.0 Å². The molecule has 36 heavy (non-hydrogen) atoms. The van der Waals surface area contributed by atoms with Gasteiger partial charge in [0.2, 0.25) is 5.95 Å². The number of aromatic nitrogens is 5. The van der Waals surface area contributed by atoms with Gasteiger partial charge in [0, 0.05) is 24.5 Å². The third-order valence-electron chi connectivity index (χ3n) is 6.46. The maximum Gasteiger partial charge on any atom is 0.294 e. The van der Waals surface area contributed by atoms with Crippen LogP contribution in [0.25, 0.3) is 21.9 Å². The van der Waals surface area contributed by atoms with Gasteiger partial charge >= 0.3 is 0 Å². The van der Waals surface area contributed by atoms with E-state index in [9.17, 15) is 14.9 Å². The van der Waals surface area contributed by atoms with Gasteiger partial charge in [-0.15, -0.1) is 5.92 Å². The minimum atomic E-state index is -0.502. The second kappa shape index (κ2) is 9.68. The monoisotopic (exact) mass is 482 g/mol. The van der Waals surface area contributed by atoms with Gasteiger partial charge in [0.15, 0.2) is 5.52 Å². The minimum Gasteiger partial charge on any atom is -0.341 e. The number of anilines is 1. The van der Waals surface area contributed by atoms with E-state index in [0.717, 1.165) is 35.0 Å². The maximum atomic E-state index is 13.9. The SMILES string of the molecule is CC#CCn1c(N2CCC[C@@H](N)C2)nc2c(=O)n(CC#N)n(Cc3ccc4ccccc4n3)c(=O)c21. The zero-order chi connectivity index (χ0) is 25.2. The highest BCUT2D eigenvalue weighted by atomic mass is 16.2. The molecule has 182 valence electrons. The fourth-order valence-electron chi connectivity index (χ4n) is 4.74. The van der Waals surface area contributed by atoms with Crippen molar-refractivity contribution in [1.82, 2.24) is 23.9 Å². The molecule has 10 heteroatoms. The quantitative estimate of drug-likeness (QED) is 0.426. The highest BCUT2D eigenvalue weighted by Crippen LogP contribution is 2.22. The lowest BCUT2D eigenvalue weighted by Gasteiger charge is -2.31. The molecule has 0 amide bonds. The molecule has 10 nitrogen and oxygen atoms in total. The van der Waals surface area contributed by atoms with Gasteiger partial charge in [-0.05, 0) is 31.9 Å². The Morgan fingerprint density at radius 2 is 1.92 bits per heavy atom. The number of nitrogens with two attached hydrogens (primary N) is 1. The summed E-state index contributed by atoms with van der Waals surface area (Å²) in [5.74, 6) is 6.36. The molecule has 0 spiro atoms. The molecule has 0 bridgehead atoms. The van der Waals surface area contributed by atoms with E-state index in [0.29, 0.717) is 18.2 Å². The van der Waals surface area contributed by atoms with Gasteiger partial charge in [-0.3, -0.25) is 19.1 Å². The summed E-state index contributed by atoms with van der Waals surface area (Å²) >= 11 is 0. The second-order valence-corrected chi connectivity index (χ2v) is 8.85. The number of nitrogens with zero attached hydrogens (tertiary/aromatic N) is 7. The van der Waals surface area contributed by atoms with E-state index in [1.165, 1.54) is 4.68 Å². The lowest BCUT2D eigenvalue weighted by molar-refractivity contribution is 0.475. The van der Waals surface area contributed by atoms with E-state index >= 15 is 0 Å². The Bertz CT molecular complexity index is 1680. The van der Waals surface area contributed by atoms with Crippen molar-refractivity contribution in [1.29, 1.82) is 5.26 Å². The topological polar surface area (TPSA) is 128 Å². The van der Waals surface area contributed by atoms with Gasteiger partial charge in [-0.2, -0.15) is 5.26 Å². The summed E-state index contributed by atoms with van der Waals surface area (Å²) in [5, 5.41) is 10.4. The third kappa shape index (κ3) is 4.12. The van der Waals surface area contributed by atoms with Crippen molar-refractivity contribution in [2.24, 2.45) is 5.73 Å². The predicted molar refractivity (Wildman–Crippen MR) is 138 cm³/mol. The Kier molecular flexibility index (Phi) is 6.28. The zero-order valence-electron chi connectivity index (χ0n) is 20.0. The first-order valence-corrected chi connectivity index (χ1v) is 11.9. The molecule has 3 aromatic heterocycles. The van der Waals surface area contributed by atoms with Crippen LogP contribution in [-0.4, -0.2) is 43.0 Å². The van der Waals surface area contributed by atoms with E-state index in [-0.39, 0.29) is 36.7 Å². The lowest BCUT2D eigenvalue weighted by Crippen LogP contribution is -2.44. The molecule has 4 heterocycles. The molecule has 2 N–H and O–H groups in total. The molecular formula is C26H26N8O2. The Morgan fingerprint density at radius 3 is 2.69 bits per heavy atom. The van der Waals surface area contributed by atoms with Crippen LogP contribution in [0.15, 0.2) is 46.0 Å². The largest absolute Gasteiger partial charge is 0.341 e. The van der Waals surface area contributed by atoms with Gasteiger partial charge in [0.05, 0.1) is 30.4 Å². The van der Waals surface area contributed by atoms with Crippen molar-refractivity contribution in [2.45, 2.75) is 45.4 Å². The summed E-state index contributed by atoms with van der Waals surface area (Å²) in [6.45, 7) is 2.97. The summed E-state index contributed by atoms with van der Waals surface area (Å²) in [6.07, 6.45) is 1.80. The number of hydrogen-bond donors (Lipinski definition) is 1. The summed E-state index contributed by atoms with van der Waals surface area (Å²) in [6, 6.07) is 13.4. The normalized spacial score (nSPS) is 15.6. The molecule has 1 aliphatic heterocycles. The van der Waals surface area contributed by atoms with Crippen molar-refractivity contribution in [3.63, 3.8) is 0 Å². The number of piperidine rings is 1. The van der Waals surface area contributed by atoms with Crippen LogP contribution in [0, 0.1) is 23.2 Å². The number of nitriles is 1. The Hall–Kier alpha value is -4.41. The van der Waals surface area contributed by atoms with Crippen LogP contribution in [0.1, 0.15) is 25.5 Å². The van der Waals surface area contributed by atoms with Crippen LogP contribution >= 0.6 is 0 Å². The molecule has 1 fully saturated rings. The Morgan fingerprint density at radius 1 is 1.08 bits per heavy atom. The number of rotatable bonds is 5. The first-order valence-electron chi connectivity index (χ1n) is 11.9. The first kappa shape index (κ1) is 23.3. The third-order valence-corrected chi connectivity index (χ3v) is 6.46. The summed E-state index contributed by atoms with van der Waals surface area (Å²) in [5.41, 5.74) is 6.86. The predicted octanol–water partition coefficient (Wildman–Crippen LogP) is 1.43. The highest BCUT2D eigenvalue weighted by Gasteiger charge is 2.27. The number of imidazole rings is 1. The van der Waals surface area contributed by atoms with Gasteiger partial charge in [0.1, 0.15) is 12.1 Å². The molecule has 4 aromatic rings. The number of benzene rings is 1. The molecule has 0 aliphatic carbocycles. The Labute approximate surface area is 207 Å². The van der Waals surface area contributed by atoms with Crippen LogP contribution in [0.2, 0.25) is 0 Å². The van der Waals surface area contributed by atoms with Crippen LogP contribution in [0.5, 0.6) is 0 Å². The van der Waals surface area contributed by atoms with Crippen LogP contribution in [0.3, 0.4) is 0 Å². The fourth-order valence-corrected chi connectivity index (χ4v) is 4.74. The first-order chi connectivity index (χ1) is 17.5. The molecule has 1 saturated heterocycles. The minimum absolute atomic E-state index is 0.0184. The number of hydrogen-bond acceptors (Lipinski definition) is 7. The van der Waals surface area contributed by atoms with Crippen LogP contribution in [0.4, 0.5) is 5.95 Å². The standard InChI is InChI=1S/C26H26N8O2/c1-2-3-14-32-23-22(30-26(32)31-13-6-8-19(28)16-31)24(35)33(15-12-27)34(25(23)36)17-20-11-10-18-7-4-5-9-21(18)29-20/h4-5,7,9-11,19H,6,8,13-17,28H2,1H3/t19-/m1/s1. The average Bonchev–Trinajstić information content (AvgIpc) is 3.28. The van der Waals surface area contributed by atoms with E-state index in [1.54, 1.807) is 11.5 Å². The van der Waals surface area contributed by atoms with E-state index in [2.05, 4.69) is 21.8 Å². The fraction of sp³-hybridized carbons (Fsp3) is 0.346. The van der Waals surface area contributed by atoms with Crippen molar-refractivity contribution in [3.8, 4) is 17.9 Å². The maximum absolute atomic E-state index is 13.9. The van der Waals surface area contributed by atoms with Crippen molar-refractivity contribution >= 4 is 27.9 Å². The van der Waals surface area contributed by atoms with E-state index in [4.69, 9.17) is 5.73 Å². The van der Waals surface area contributed by atoms with Gasteiger partial charge in [-0.1, -0.05) is 30.2 Å². The molecule has 0 radical (unpaired) electrons. The Balaban J connectivity index is 1.72. The summed E-state index contributed by atoms with van der Waals surface area (Å²) in [4.78, 5) is 38.7. The average molecular weight is 483 g/mol. The molecule has 1 aliphatic rings. The van der Waals surface area contributed by atoms with Gasteiger partial charge < -0.3 is 10.6 Å². The molecule has 0 unspecified atom stereocenters. The molecule has 0 saturated carbocycles. The second-order valence-electron chi connectivity index (χ2n) is 8.85. The number of pyridine rings is 1. The van der Waals surface area contributed by atoms with Crippen molar-refractivity contribution < 1.29 is 0 Å². The van der Waals surface area contributed by atoms with Gasteiger partial charge in [0.25, 0.3) is 11.1 Å². The van der Waals surface area contributed by atoms with E-state index < -0.39 is 11.1 Å². The summed E-state index contributed by atoms with van der Waals surface area (Å²) in [7, 11) is 0. The van der Waals surface area contributed by atoms with Crippen molar-refractivity contribution in [3.05, 3.63) is 62.8 Å². The number of fused-ring (bicyclic) bond motifs is 2. The summed E-state index contributed by atoms with van der Waals surface area (Å²) < 4.78 is 4.14. The molecule has 5 rings (SSSR count). The molecular weight excluding hydrogens is 456 g/mol. The molecule has 1 aromatic carbocycles. The number of para-hydroxylation sites is 1. The highest BCUT2D eigenvalue weighted by molar-refractivity contribution is 5.79. The van der Waals surface area contributed by atoms with E-state index in [1.807, 2.05) is 47.4 Å². The zero-order valence-corrected chi connectivity index (χ0v) is 20.0. The van der Waals surface area contributed by atoms with Crippen LogP contribution in [-0.2, 0) is 19.6 Å². The van der Waals surface area contributed by atoms with Crippen LogP contribution < -0.4 is 21.8 Å². The molecule has 1 atom stereocenters. The lowest BCUT2D eigenvalue weighted by atomic mass is 10.1. The van der Waals surface area contributed by atoms with Gasteiger partial charge in [-0.25, -0.2) is 14.3 Å². The smallest absolute Gasteiger partial charge is 0.294 e.